The van der Waals surface area contributed by atoms with E-state index in [-0.39, 0.29) is 6.04 Å². The summed E-state index contributed by atoms with van der Waals surface area (Å²) in [4.78, 5) is 13.4. The summed E-state index contributed by atoms with van der Waals surface area (Å²) in [5, 5.41) is 18.2. The number of carbonyl (C=O) groups is 1. The number of rotatable bonds is 4. The van der Waals surface area contributed by atoms with Crippen molar-refractivity contribution in [1.29, 1.82) is 5.26 Å². The van der Waals surface area contributed by atoms with E-state index in [4.69, 9.17) is 0 Å². The molecular weight excluding hydrogens is 384 g/mol. The molecule has 0 bridgehead atoms. The van der Waals surface area contributed by atoms with Gasteiger partial charge < -0.3 is 4.79 Å². The molecule has 31 heavy (non-hydrogen) atoms. The van der Waals surface area contributed by atoms with E-state index in [9.17, 15) is 10.1 Å². The number of hydrogen-bond acceptors (Lipinski definition) is 5. The van der Waals surface area contributed by atoms with E-state index in [0.29, 0.717) is 23.4 Å². The van der Waals surface area contributed by atoms with Crippen molar-refractivity contribution < 1.29 is 4.79 Å². The van der Waals surface area contributed by atoms with Crippen molar-refractivity contribution >= 4 is 6.29 Å². The largest absolute Gasteiger partial charge is 0.302 e. The Balaban J connectivity index is 1.53. The molecule has 0 saturated carbocycles. The SMILES string of the molecule is N#Cc1c(C#Cc2ccc(CN3CCCCC3C=O)nn2)cccc1-c1ccccc1. The molecule has 1 aliphatic heterocycles. The predicted octanol–water partition coefficient (Wildman–Crippen LogP) is 3.97. The van der Waals surface area contributed by atoms with Gasteiger partial charge in [-0.1, -0.05) is 54.8 Å². The first kappa shape index (κ1) is 20.5. The summed E-state index contributed by atoms with van der Waals surface area (Å²) in [7, 11) is 0. The third kappa shape index (κ3) is 4.86. The number of nitriles is 1. The summed E-state index contributed by atoms with van der Waals surface area (Å²) in [5.41, 5.74) is 4.43. The van der Waals surface area contributed by atoms with Gasteiger partial charge in [-0.15, -0.1) is 5.10 Å². The average Bonchev–Trinajstić information content (AvgIpc) is 2.84. The lowest BCUT2D eigenvalue weighted by Crippen LogP contribution is -2.40. The van der Waals surface area contributed by atoms with Crippen molar-refractivity contribution in [3.05, 3.63) is 83.2 Å². The lowest BCUT2D eigenvalue weighted by atomic mass is 9.96. The molecule has 5 heteroatoms. The second-order valence-corrected chi connectivity index (χ2v) is 7.54. The Morgan fingerprint density at radius 1 is 1.00 bits per heavy atom. The quantitative estimate of drug-likeness (QED) is 0.484. The second-order valence-electron chi connectivity index (χ2n) is 7.54. The maximum Gasteiger partial charge on any atom is 0.137 e. The van der Waals surface area contributed by atoms with E-state index in [1.165, 1.54) is 0 Å². The van der Waals surface area contributed by atoms with Crippen LogP contribution in [0.5, 0.6) is 0 Å². The van der Waals surface area contributed by atoms with E-state index in [1.54, 1.807) is 0 Å². The van der Waals surface area contributed by atoms with Crippen LogP contribution in [-0.4, -0.2) is 34.0 Å². The van der Waals surface area contributed by atoms with Crippen LogP contribution in [0.4, 0.5) is 0 Å². The molecule has 5 nitrogen and oxygen atoms in total. The van der Waals surface area contributed by atoms with Crippen LogP contribution < -0.4 is 0 Å². The van der Waals surface area contributed by atoms with Crippen LogP contribution in [-0.2, 0) is 11.3 Å². The Bertz CT molecular complexity index is 1150. The number of aromatic nitrogens is 2. The Kier molecular flexibility index (Phi) is 6.47. The van der Waals surface area contributed by atoms with Crippen molar-refractivity contribution in [3.8, 4) is 29.0 Å². The van der Waals surface area contributed by atoms with Crippen molar-refractivity contribution in [1.82, 2.24) is 15.1 Å². The van der Waals surface area contributed by atoms with Gasteiger partial charge in [-0.2, -0.15) is 10.4 Å². The zero-order valence-electron chi connectivity index (χ0n) is 17.2. The topological polar surface area (TPSA) is 69.9 Å². The Morgan fingerprint density at radius 2 is 1.87 bits per heavy atom. The first-order valence-corrected chi connectivity index (χ1v) is 10.4. The molecule has 1 saturated heterocycles. The van der Waals surface area contributed by atoms with Gasteiger partial charge in [0.05, 0.1) is 17.3 Å². The first-order valence-electron chi connectivity index (χ1n) is 10.4. The second kappa shape index (κ2) is 9.80. The van der Waals surface area contributed by atoms with Crippen LogP contribution in [0.1, 0.15) is 41.8 Å². The highest BCUT2D eigenvalue weighted by Gasteiger charge is 2.22. The van der Waals surface area contributed by atoms with Gasteiger partial charge in [0.1, 0.15) is 18.0 Å². The number of piperidine rings is 1. The van der Waals surface area contributed by atoms with Crippen LogP contribution in [0.15, 0.2) is 60.7 Å². The molecule has 0 aliphatic carbocycles. The number of aldehydes is 1. The summed E-state index contributed by atoms with van der Waals surface area (Å²) in [6.07, 6.45) is 4.13. The standard InChI is InChI=1S/C26H22N4O/c27-17-26-21(9-6-11-25(26)20-7-2-1-3-8-20)12-13-22-14-15-23(29-28-22)18-30-16-5-4-10-24(30)19-31/h1-3,6-9,11,14-15,19,24H,4-5,10,16,18H2. The smallest absolute Gasteiger partial charge is 0.137 e. The summed E-state index contributed by atoms with van der Waals surface area (Å²) >= 11 is 0. The maximum absolute atomic E-state index is 11.3. The number of likely N-dealkylation sites (tertiary alicyclic amines) is 1. The summed E-state index contributed by atoms with van der Waals surface area (Å²) in [6, 6.07) is 21.5. The van der Waals surface area contributed by atoms with Crippen LogP contribution >= 0.6 is 0 Å². The Labute approximate surface area is 182 Å². The van der Waals surface area contributed by atoms with Gasteiger partial charge in [0.15, 0.2) is 0 Å². The third-order valence-electron chi connectivity index (χ3n) is 5.49. The fourth-order valence-corrected chi connectivity index (χ4v) is 3.85. The first-order chi connectivity index (χ1) is 15.3. The minimum absolute atomic E-state index is 0.0312. The van der Waals surface area contributed by atoms with Crippen LogP contribution in [0.3, 0.4) is 0 Å². The fourth-order valence-electron chi connectivity index (χ4n) is 3.85. The molecule has 0 N–H and O–H groups in total. The molecule has 1 unspecified atom stereocenters. The summed E-state index contributed by atoms with van der Waals surface area (Å²) in [6.45, 7) is 1.52. The zero-order valence-corrected chi connectivity index (χ0v) is 17.2. The van der Waals surface area contributed by atoms with Crippen molar-refractivity contribution in [3.63, 3.8) is 0 Å². The third-order valence-corrected chi connectivity index (χ3v) is 5.49. The van der Waals surface area contributed by atoms with E-state index in [2.05, 4.69) is 33.0 Å². The van der Waals surface area contributed by atoms with E-state index in [1.807, 2.05) is 60.7 Å². The fraction of sp³-hybridized carbons (Fsp3) is 0.231. The van der Waals surface area contributed by atoms with E-state index >= 15 is 0 Å². The van der Waals surface area contributed by atoms with E-state index in [0.717, 1.165) is 48.9 Å². The molecular formula is C26H22N4O. The molecule has 2 heterocycles. The van der Waals surface area contributed by atoms with Crippen molar-refractivity contribution in [2.24, 2.45) is 0 Å². The normalized spacial score (nSPS) is 16.0. The minimum atomic E-state index is -0.0312. The Hall–Kier alpha value is -3.80. The summed E-state index contributed by atoms with van der Waals surface area (Å²) in [5.74, 6) is 6.10. The van der Waals surface area contributed by atoms with Gasteiger partial charge in [-0.3, -0.25) is 4.90 Å². The predicted molar refractivity (Wildman–Crippen MR) is 119 cm³/mol. The molecule has 2 aromatic carbocycles. The number of carbonyl (C=O) groups excluding carboxylic acids is 1. The molecule has 1 aromatic heterocycles. The molecule has 0 amide bonds. The van der Waals surface area contributed by atoms with Gasteiger partial charge in [0.2, 0.25) is 0 Å². The highest BCUT2D eigenvalue weighted by Crippen LogP contribution is 2.25. The molecule has 0 radical (unpaired) electrons. The van der Waals surface area contributed by atoms with Crippen LogP contribution in [0.25, 0.3) is 11.1 Å². The van der Waals surface area contributed by atoms with Gasteiger partial charge in [0.25, 0.3) is 0 Å². The van der Waals surface area contributed by atoms with Gasteiger partial charge >= 0.3 is 0 Å². The number of hydrogen-bond donors (Lipinski definition) is 0. The highest BCUT2D eigenvalue weighted by molar-refractivity contribution is 5.74. The number of nitrogens with zero attached hydrogens (tertiary/aromatic N) is 4. The Morgan fingerprint density at radius 3 is 2.61 bits per heavy atom. The molecule has 3 aromatic rings. The van der Waals surface area contributed by atoms with Crippen LogP contribution in [0, 0.1) is 23.2 Å². The molecule has 4 rings (SSSR count). The molecule has 1 atom stereocenters. The maximum atomic E-state index is 11.3. The molecule has 1 aliphatic rings. The summed E-state index contributed by atoms with van der Waals surface area (Å²) < 4.78 is 0. The molecule has 0 spiro atoms. The van der Waals surface area contributed by atoms with E-state index < -0.39 is 0 Å². The monoisotopic (exact) mass is 406 g/mol. The zero-order chi connectivity index (χ0) is 21.5. The van der Waals surface area contributed by atoms with Crippen LogP contribution in [0.2, 0.25) is 0 Å². The lowest BCUT2D eigenvalue weighted by molar-refractivity contribution is -0.113. The molecule has 1 fully saturated rings. The number of benzene rings is 2. The molecule has 152 valence electrons. The van der Waals surface area contributed by atoms with Crippen molar-refractivity contribution in [2.45, 2.75) is 31.8 Å². The van der Waals surface area contributed by atoms with Crippen molar-refractivity contribution in [2.75, 3.05) is 6.54 Å². The van der Waals surface area contributed by atoms with Gasteiger partial charge in [0, 0.05) is 17.7 Å². The average molecular weight is 406 g/mol. The highest BCUT2D eigenvalue weighted by atomic mass is 16.1. The van der Waals surface area contributed by atoms with Gasteiger partial charge in [-0.05, 0) is 49.1 Å². The minimum Gasteiger partial charge on any atom is -0.302 e. The van der Waals surface area contributed by atoms with Gasteiger partial charge in [-0.25, -0.2) is 0 Å². The lowest BCUT2D eigenvalue weighted by Gasteiger charge is -2.31.